The zero-order chi connectivity index (χ0) is 18.6. The summed E-state index contributed by atoms with van der Waals surface area (Å²) in [6, 6.07) is 20.1. The highest BCUT2D eigenvalue weighted by Crippen LogP contribution is 2.29. The Hall–Kier alpha value is -3.80. The topological polar surface area (TPSA) is 84.5 Å². The van der Waals surface area contributed by atoms with Crippen LogP contribution in [0.1, 0.15) is 16.1 Å². The number of hydrogen-bond donors (Lipinski definition) is 2. The number of hydrogen-bond acceptors (Lipinski definition) is 5. The van der Waals surface area contributed by atoms with E-state index in [-0.39, 0.29) is 11.4 Å². The lowest BCUT2D eigenvalue weighted by Gasteiger charge is -2.14. The molecule has 2 heterocycles. The number of furan rings is 1. The van der Waals surface area contributed by atoms with Crippen LogP contribution in [0.25, 0.3) is 11.0 Å². The lowest BCUT2D eigenvalue weighted by molar-refractivity contribution is 0.0996. The minimum absolute atomic E-state index is 0.0473. The Bertz CT molecular complexity index is 1130. The zero-order valence-corrected chi connectivity index (χ0v) is 14.3. The Morgan fingerprint density at radius 3 is 2.44 bits per heavy atom. The third kappa shape index (κ3) is 3.46. The number of anilines is 2. The minimum Gasteiger partial charge on any atom is -0.459 e. The molecule has 2 aromatic carbocycles. The summed E-state index contributed by atoms with van der Waals surface area (Å²) in [6.45, 7) is 0.484. The highest BCUT2D eigenvalue weighted by molar-refractivity contribution is 6.07. The van der Waals surface area contributed by atoms with Gasteiger partial charge < -0.3 is 19.5 Å². The van der Waals surface area contributed by atoms with Crippen LogP contribution in [0.15, 0.2) is 86.6 Å². The van der Waals surface area contributed by atoms with Crippen molar-refractivity contribution in [2.24, 2.45) is 0 Å². The third-order valence-electron chi connectivity index (χ3n) is 4.11. The smallest absolute Gasteiger partial charge is 0.362 e. The fourth-order valence-electron chi connectivity index (χ4n) is 2.82. The van der Waals surface area contributed by atoms with E-state index in [0.29, 0.717) is 23.2 Å². The largest absolute Gasteiger partial charge is 0.459 e. The van der Waals surface area contributed by atoms with E-state index in [0.717, 1.165) is 5.56 Å². The first kappa shape index (κ1) is 16.7. The third-order valence-corrected chi connectivity index (χ3v) is 4.11. The maximum Gasteiger partial charge on any atom is 0.362 e. The number of carbonyl (C=O) groups excluding carboxylic acids is 1. The van der Waals surface area contributed by atoms with Crippen LogP contribution in [0.5, 0.6) is 0 Å². The first-order valence-electron chi connectivity index (χ1n) is 8.41. The molecule has 0 atom stereocenters. The summed E-state index contributed by atoms with van der Waals surface area (Å²) in [5.41, 5.74) is 1.40. The maximum atomic E-state index is 12.5. The normalized spacial score (nSPS) is 10.7. The summed E-state index contributed by atoms with van der Waals surface area (Å²) < 4.78 is 10.5. The SMILES string of the molecule is O=C(Nc1c(NCc2ccccc2)c2ccccc2oc1=O)c1ccco1. The highest BCUT2D eigenvalue weighted by Gasteiger charge is 2.18. The molecule has 6 heteroatoms. The molecule has 0 saturated heterocycles. The molecule has 4 aromatic rings. The fourth-order valence-corrected chi connectivity index (χ4v) is 2.82. The molecule has 2 aromatic heterocycles. The van der Waals surface area contributed by atoms with Gasteiger partial charge in [-0.15, -0.1) is 0 Å². The van der Waals surface area contributed by atoms with E-state index in [1.807, 2.05) is 42.5 Å². The van der Waals surface area contributed by atoms with Gasteiger partial charge in [-0.2, -0.15) is 0 Å². The molecule has 0 unspecified atom stereocenters. The molecule has 4 rings (SSSR count). The average Bonchev–Trinajstić information content (AvgIpc) is 3.23. The van der Waals surface area contributed by atoms with Gasteiger partial charge in [-0.1, -0.05) is 42.5 Å². The molecule has 1 amide bonds. The molecular weight excluding hydrogens is 344 g/mol. The molecule has 134 valence electrons. The van der Waals surface area contributed by atoms with Crippen molar-refractivity contribution in [3.8, 4) is 0 Å². The molecule has 0 aliphatic carbocycles. The molecule has 0 fully saturated rings. The van der Waals surface area contributed by atoms with Gasteiger partial charge >= 0.3 is 5.63 Å². The molecule has 0 spiro atoms. The lowest BCUT2D eigenvalue weighted by Crippen LogP contribution is -2.20. The van der Waals surface area contributed by atoms with Crippen LogP contribution in [0, 0.1) is 0 Å². The second kappa shape index (κ2) is 7.21. The van der Waals surface area contributed by atoms with Crippen molar-refractivity contribution in [2.45, 2.75) is 6.54 Å². The van der Waals surface area contributed by atoms with Crippen LogP contribution in [0.3, 0.4) is 0 Å². The second-order valence-corrected chi connectivity index (χ2v) is 5.91. The predicted octanol–water partition coefficient (Wildman–Crippen LogP) is 4.25. The van der Waals surface area contributed by atoms with Crippen LogP contribution < -0.4 is 16.3 Å². The summed E-state index contributed by atoms with van der Waals surface area (Å²) in [5.74, 6) is -0.415. The van der Waals surface area contributed by atoms with Gasteiger partial charge in [-0.3, -0.25) is 4.79 Å². The summed E-state index contributed by atoms with van der Waals surface area (Å²) in [7, 11) is 0. The van der Waals surface area contributed by atoms with Gasteiger partial charge in [0.05, 0.1) is 12.0 Å². The standard InChI is InChI=1S/C21H16N2O4/c24-20(17-11-6-12-26-17)23-19-18(22-13-14-7-2-1-3-8-14)15-9-4-5-10-16(15)27-21(19)25/h1-12,22H,13H2,(H,23,24). The maximum absolute atomic E-state index is 12.5. The predicted molar refractivity (Wildman–Crippen MR) is 103 cm³/mol. The van der Waals surface area contributed by atoms with Crippen LogP contribution in [-0.4, -0.2) is 5.91 Å². The van der Waals surface area contributed by atoms with Crippen molar-refractivity contribution in [3.63, 3.8) is 0 Å². The Morgan fingerprint density at radius 2 is 1.67 bits per heavy atom. The Labute approximate surface area is 154 Å². The highest BCUT2D eigenvalue weighted by atomic mass is 16.4. The second-order valence-electron chi connectivity index (χ2n) is 5.91. The monoisotopic (exact) mass is 360 g/mol. The fraction of sp³-hybridized carbons (Fsp3) is 0.0476. The van der Waals surface area contributed by atoms with Crippen LogP contribution >= 0.6 is 0 Å². The van der Waals surface area contributed by atoms with E-state index in [4.69, 9.17) is 8.83 Å². The van der Waals surface area contributed by atoms with Crippen LogP contribution in [0.4, 0.5) is 11.4 Å². The Morgan fingerprint density at radius 1 is 0.889 bits per heavy atom. The van der Waals surface area contributed by atoms with E-state index in [9.17, 15) is 9.59 Å². The minimum atomic E-state index is -0.635. The molecular formula is C21H16N2O4. The van der Waals surface area contributed by atoms with Gasteiger partial charge in [0.15, 0.2) is 11.4 Å². The Balaban J connectivity index is 1.75. The van der Waals surface area contributed by atoms with Crippen LogP contribution in [0.2, 0.25) is 0 Å². The molecule has 0 aliphatic heterocycles. The van der Waals surface area contributed by atoms with Gasteiger partial charge in [0.25, 0.3) is 5.91 Å². The molecule has 27 heavy (non-hydrogen) atoms. The summed E-state index contributed by atoms with van der Waals surface area (Å²) >= 11 is 0. The molecule has 2 N–H and O–H groups in total. The Kier molecular flexibility index (Phi) is 4.45. The van der Waals surface area contributed by atoms with E-state index < -0.39 is 11.5 Å². The zero-order valence-electron chi connectivity index (χ0n) is 14.3. The lowest BCUT2D eigenvalue weighted by atomic mass is 10.1. The van der Waals surface area contributed by atoms with E-state index in [2.05, 4.69) is 10.6 Å². The van der Waals surface area contributed by atoms with Gasteiger partial charge in [0.1, 0.15) is 5.58 Å². The summed E-state index contributed by atoms with van der Waals surface area (Å²) in [6.07, 6.45) is 1.40. The number of fused-ring (bicyclic) bond motifs is 1. The summed E-state index contributed by atoms with van der Waals surface area (Å²) in [5, 5.41) is 6.56. The van der Waals surface area contributed by atoms with Crippen molar-refractivity contribution < 1.29 is 13.6 Å². The number of rotatable bonds is 5. The van der Waals surface area contributed by atoms with Crippen molar-refractivity contribution in [3.05, 3.63) is 94.7 Å². The van der Waals surface area contributed by atoms with Crippen molar-refractivity contribution >= 4 is 28.3 Å². The molecule has 0 aliphatic rings. The molecule has 0 saturated carbocycles. The van der Waals surface area contributed by atoms with Crippen molar-refractivity contribution in [1.29, 1.82) is 0 Å². The average molecular weight is 360 g/mol. The first-order valence-corrected chi connectivity index (χ1v) is 8.41. The number of para-hydroxylation sites is 1. The van der Waals surface area contributed by atoms with Gasteiger partial charge in [-0.05, 0) is 29.8 Å². The summed E-state index contributed by atoms with van der Waals surface area (Å²) in [4.78, 5) is 24.9. The van der Waals surface area contributed by atoms with Crippen LogP contribution in [-0.2, 0) is 6.54 Å². The van der Waals surface area contributed by atoms with Gasteiger partial charge in [0.2, 0.25) is 0 Å². The van der Waals surface area contributed by atoms with E-state index in [1.165, 1.54) is 12.3 Å². The molecule has 0 radical (unpaired) electrons. The van der Waals surface area contributed by atoms with E-state index >= 15 is 0 Å². The quantitative estimate of drug-likeness (QED) is 0.520. The molecule has 0 bridgehead atoms. The van der Waals surface area contributed by atoms with Crippen molar-refractivity contribution in [2.75, 3.05) is 10.6 Å². The van der Waals surface area contributed by atoms with Gasteiger partial charge in [0, 0.05) is 11.9 Å². The number of nitrogens with one attached hydrogen (secondary N) is 2. The number of carbonyl (C=O) groups is 1. The van der Waals surface area contributed by atoms with E-state index in [1.54, 1.807) is 18.2 Å². The van der Waals surface area contributed by atoms with Gasteiger partial charge in [-0.25, -0.2) is 4.79 Å². The molecule has 6 nitrogen and oxygen atoms in total. The number of amides is 1. The first-order chi connectivity index (χ1) is 13.2. The van der Waals surface area contributed by atoms with Crippen molar-refractivity contribution in [1.82, 2.24) is 0 Å². The number of benzene rings is 2.